The maximum Gasteiger partial charge on any atom is 0.325 e. The molecule has 1 aromatic rings. The molecule has 19 heavy (non-hydrogen) atoms. The fourth-order valence-corrected chi connectivity index (χ4v) is 1.45. The van der Waals surface area contributed by atoms with Gasteiger partial charge < -0.3 is 19.8 Å². The second-order valence-corrected chi connectivity index (χ2v) is 3.99. The van der Waals surface area contributed by atoms with E-state index in [2.05, 4.69) is 10.3 Å². The number of methoxy groups -OCH3 is 1. The molecule has 1 heterocycles. The topological polar surface area (TPSA) is 118 Å². The van der Waals surface area contributed by atoms with E-state index in [0.29, 0.717) is 0 Å². The fraction of sp³-hybridized carbons (Fsp3) is 0.600. The molecule has 0 bridgehead atoms. The smallest absolute Gasteiger partial charge is 0.325 e. The number of nitrogens with zero attached hydrogens (tertiary/aromatic N) is 4. The van der Waals surface area contributed by atoms with E-state index < -0.39 is 18.0 Å². The van der Waals surface area contributed by atoms with Crippen molar-refractivity contribution >= 4 is 11.9 Å². The highest BCUT2D eigenvalue weighted by atomic mass is 16.5. The number of aliphatic hydroxyl groups excluding tert-OH is 1. The summed E-state index contributed by atoms with van der Waals surface area (Å²) in [7, 11) is 2.94. The number of hydrogen-bond acceptors (Lipinski definition) is 6. The van der Waals surface area contributed by atoms with E-state index in [1.54, 1.807) is 0 Å². The van der Waals surface area contributed by atoms with E-state index in [1.807, 2.05) is 0 Å². The van der Waals surface area contributed by atoms with Crippen LogP contribution in [0.15, 0.2) is 6.20 Å². The molecule has 0 aliphatic rings. The molecule has 1 rings (SSSR count). The van der Waals surface area contributed by atoms with Crippen LogP contribution in [0.4, 0.5) is 0 Å². The second-order valence-electron chi connectivity index (χ2n) is 3.99. The zero-order valence-corrected chi connectivity index (χ0v) is 10.7. The Hall–Kier alpha value is -2.00. The summed E-state index contributed by atoms with van der Waals surface area (Å²) in [6.45, 7) is -0.169. The van der Waals surface area contributed by atoms with E-state index in [9.17, 15) is 14.7 Å². The van der Waals surface area contributed by atoms with Gasteiger partial charge in [0.15, 0.2) is 5.69 Å². The van der Waals surface area contributed by atoms with Gasteiger partial charge in [-0.3, -0.25) is 9.59 Å². The minimum Gasteiger partial charge on any atom is -0.480 e. The lowest BCUT2D eigenvalue weighted by atomic mass is 10.3. The predicted octanol–water partition coefficient (Wildman–Crippen LogP) is -1.56. The van der Waals surface area contributed by atoms with Gasteiger partial charge in [0, 0.05) is 20.7 Å². The Kier molecular flexibility index (Phi) is 5.39. The molecular weight excluding hydrogens is 256 g/mol. The predicted molar refractivity (Wildman–Crippen MR) is 62.5 cm³/mol. The number of aliphatic hydroxyl groups is 1. The first-order chi connectivity index (χ1) is 8.93. The molecule has 0 fully saturated rings. The van der Waals surface area contributed by atoms with Crippen molar-refractivity contribution in [2.45, 2.75) is 12.6 Å². The lowest BCUT2D eigenvalue weighted by Crippen LogP contribution is -2.36. The normalized spacial score (nSPS) is 12.2. The molecular formula is C10H16N4O5. The van der Waals surface area contributed by atoms with Crippen LogP contribution >= 0.6 is 0 Å². The highest BCUT2D eigenvalue weighted by Gasteiger charge is 2.18. The monoisotopic (exact) mass is 272 g/mol. The Labute approximate surface area is 109 Å². The van der Waals surface area contributed by atoms with Crippen LogP contribution in [-0.4, -0.2) is 75.4 Å². The van der Waals surface area contributed by atoms with Crippen molar-refractivity contribution < 1.29 is 24.5 Å². The summed E-state index contributed by atoms with van der Waals surface area (Å²) in [5.74, 6) is -1.53. The minimum atomic E-state index is -1.08. The number of carbonyl (C=O) groups excluding carboxylic acids is 1. The third kappa shape index (κ3) is 4.64. The Bertz CT molecular complexity index is 447. The van der Waals surface area contributed by atoms with Gasteiger partial charge >= 0.3 is 5.97 Å². The summed E-state index contributed by atoms with van der Waals surface area (Å²) in [4.78, 5) is 23.6. The molecule has 0 radical (unpaired) electrons. The summed E-state index contributed by atoms with van der Waals surface area (Å²) in [6.07, 6.45) is 0.448. The third-order valence-electron chi connectivity index (χ3n) is 2.25. The van der Waals surface area contributed by atoms with Crippen LogP contribution in [0.5, 0.6) is 0 Å². The quantitative estimate of drug-likeness (QED) is 0.616. The molecule has 1 atom stereocenters. The van der Waals surface area contributed by atoms with Gasteiger partial charge in [-0.15, -0.1) is 5.10 Å². The largest absolute Gasteiger partial charge is 0.480 e. The average Bonchev–Trinajstić information content (AvgIpc) is 2.75. The van der Waals surface area contributed by atoms with Crippen molar-refractivity contribution in [1.29, 1.82) is 0 Å². The van der Waals surface area contributed by atoms with Gasteiger partial charge in [-0.2, -0.15) is 0 Å². The number of carbonyl (C=O) groups is 2. The van der Waals surface area contributed by atoms with Gasteiger partial charge in [0.2, 0.25) is 0 Å². The van der Waals surface area contributed by atoms with Crippen molar-refractivity contribution in [3.8, 4) is 0 Å². The summed E-state index contributed by atoms with van der Waals surface area (Å²) >= 11 is 0. The SMILES string of the molecule is COCC(O)CN(C)C(=O)c1cn(CC(=O)O)nn1. The Morgan fingerprint density at radius 2 is 2.26 bits per heavy atom. The minimum absolute atomic E-state index is 0.0216. The molecule has 106 valence electrons. The van der Waals surface area contributed by atoms with Gasteiger partial charge in [-0.1, -0.05) is 5.21 Å². The molecule has 0 saturated carbocycles. The van der Waals surface area contributed by atoms with E-state index in [0.717, 1.165) is 4.68 Å². The Balaban J connectivity index is 2.61. The number of carboxylic acid groups (broad SMARTS) is 1. The molecule has 1 unspecified atom stereocenters. The molecule has 9 heteroatoms. The molecule has 0 spiro atoms. The highest BCUT2D eigenvalue weighted by Crippen LogP contribution is 2.00. The zero-order chi connectivity index (χ0) is 14.4. The maximum absolute atomic E-state index is 11.9. The number of rotatable bonds is 7. The van der Waals surface area contributed by atoms with Crippen LogP contribution in [-0.2, 0) is 16.1 Å². The molecule has 2 N–H and O–H groups in total. The van der Waals surface area contributed by atoms with Crippen LogP contribution in [0, 0.1) is 0 Å². The number of aromatic nitrogens is 3. The summed E-state index contributed by atoms with van der Waals surface area (Å²) < 4.78 is 5.80. The van der Waals surface area contributed by atoms with Crippen LogP contribution in [0.2, 0.25) is 0 Å². The number of amides is 1. The highest BCUT2D eigenvalue weighted by molar-refractivity contribution is 5.91. The van der Waals surface area contributed by atoms with E-state index >= 15 is 0 Å². The molecule has 0 aliphatic carbocycles. The van der Waals surface area contributed by atoms with E-state index in [-0.39, 0.29) is 25.4 Å². The number of aliphatic carboxylic acids is 1. The van der Waals surface area contributed by atoms with Crippen molar-refractivity contribution in [3.63, 3.8) is 0 Å². The third-order valence-corrected chi connectivity index (χ3v) is 2.25. The van der Waals surface area contributed by atoms with Crippen LogP contribution in [0.25, 0.3) is 0 Å². The van der Waals surface area contributed by atoms with Gasteiger partial charge in [0.1, 0.15) is 6.54 Å². The molecule has 9 nitrogen and oxygen atoms in total. The molecule has 0 saturated heterocycles. The van der Waals surface area contributed by atoms with Gasteiger partial charge in [-0.05, 0) is 0 Å². The van der Waals surface area contributed by atoms with Crippen LogP contribution in [0.1, 0.15) is 10.5 Å². The van der Waals surface area contributed by atoms with E-state index in [4.69, 9.17) is 9.84 Å². The van der Waals surface area contributed by atoms with E-state index in [1.165, 1.54) is 25.3 Å². The van der Waals surface area contributed by atoms with Gasteiger partial charge in [0.05, 0.1) is 18.9 Å². The first kappa shape index (κ1) is 15.1. The molecule has 0 aromatic carbocycles. The molecule has 0 aliphatic heterocycles. The molecule has 1 aromatic heterocycles. The summed E-state index contributed by atoms with van der Waals surface area (Å²) in [5.41, 5.74) is 0.0216. The van der Waals surface area contributed by atoms with Crippen LogP contribution < -0.4 is 0 Å². The summed E-state index contributed by atoms with van der Waals surface area (Å²) in [5, 5.41) is 25.2. The zero-order valence-electron chi connectivity index (χ0n) is 10.7. The number of hydrogen-bond donors (Lipinski definition) is 2. The van der Waals surface area contributed by atoms with Gasteiger partial charge in [-0.25, -0.2) is 4.68 Å². The van der Waals surface area contributed by atoms with Crippen molar-refractivity contribution in [2.75, 3.05) is 27.3 Å². The van der Waals surface area contributed by atoms with Crippen LogP contribution in [0.3, 0.4) is 0 Å². The lowest BCUT2D eigenvalue weighted by molar-refractivity contribution is -0.137. The second kappa shape index (κ2) is 6.81. The number of carboxylic acids is 1. The first-order valence-corrected chi connectivity index (χ1v) is 5.48. The number of ether oxygens (including phenoxy) is 1. The number of likely N-dealkylation sites (N-methyl/N-ethyl adjacent to an activating group) is 1. The van der Waals surface area contributed by atoms with Gasteiger partial charge in [0.25, 0.3) is 5.91 Å². The van der Waals surface area contributed by atoms with Crippen molar-refractivity contribution in [1.82, 2.24) is 19.9 Å². The Morgan fingerprint density at radius 3 is 2.84 bits per heavy atom. The molecule has 1 amide bonds. The lowest BCUT2D eigenvalue weighted by Gasteiger charge is -2.19. The van der Waals surface area contributed by atoms with Crippen molar-refractivity contribution in [3.05, 3.63) is 11.9 Å². The average molecular weight is 272 g/mol. The fourth-order valence-electron chi connectivity index (χ4n) is 1.45. The summed E-state index contributed by atoms with van der Waals surface area (Å²) in [6, 6.07) is 0. The standard InChI is InChI=1S/C10H16N4O5/c1-13(3-7(15)6-19-2)10(18)8-4-14(12-11-8)5-9(16)17/h4,7,15H,3,5-6H2,1-2H3,(H,16,17). The Morgan fingerprint density at radius 1 is 1.58 bits per heavy atom. The van der Waals surface area contributed by atoms with Crippen molar-refractivity contribution in [2.24, 2.45) is 0 Å². The maximum atomic E-state index is 11.9. The first-order valence-electron chi connectivity index (χ1n) is 5.48.